The number of rotatable bonds is 4. The first-order valence-electron chi connectivity index (χ1n) is 5.91. The standard InChI is InChI=1S/C15H15FO2S/c1-15(17,12-7-3-2-4-8-12)11-19(18)14-10-6-5-9-13(14)16/h2-10,17H,11H2,1H3. The Labute approximate surface area is 114 Å². The summed E-state index contributed by atoms with van der Waals surface area (Å²) in [6, 6.07) is 14.9. The van der Waals surface area contributed by atoms with E-state index in [1.165, 1.54) is 12.1 Å². The van der Waals surface area contributed by atoms with Crippen LogP contribution < -0.4 is 0 Å². The van der Waals surface area contributed by atoms with Gasteiger partial charge in [0.05, 0.1) is 27.0 Å². The van der Waals surface area contributed by atoms with Crippen molar-refractivity contribution in [1.29, 1.82) is 0 Å². The molecule has 0 aliphatic heterocycles. The highest BCUT2D eigenvalue weighted by molar-refractivity contribution is 7.85. The molecule has 2 unspecified atom stereocenters. The zero-order valence-corrected chi connectivity index (χ0v) is 11.4. The van der Waals surface area contributed by atoms with Crippen molar-refractivity contribution in [3.63, 3.8) is 0 Å². The van der Waals surface area contributed by atoms with Gasteiger partial charge in [0.2, 0.25) is 0 Å². The number of hydrogen-bond donors (Lipinski definition) is 1. The lowest BCUT2D eigenvalue weighted by Crippen LogP contribution is -2.28. The third-order valence-corrected chi connectivity index (χ3v) is 4.54. The van der Waals surface area contributed by atoms with E-state index in [1.54, 1.807) is 43.3 Å². The first-order chi connectivity index (χ1) is 9.00. The van der Waals surface area contributed by atoms with Crippen molar-refractivity contribution >= 4 is 10.8 Å². The molecular formula is C15H15FO2S. The molecule has 0 saturated carbocycles. The van der Waals surface area contributed by atoms with E-state index in [4.69, 9.17) is 0 Å². The fourth-order valence-electron chi connectivity index (χ4n) is 1.84. The van der Waals surface area contributed by atoms with Crippen molar-refractivity contribution in [3.8, 4) is 0 Å². The van der Waals surface area contributed by atoms with Crippen LogP contribution in [-0.2, 0) is 16.4 Å². The van der Waals surface area contributed by atoms with E-state index in [0.717, 1.165) is 0 Å². The van der Waals surface area contributed by atoms with Crippen molar-refractivity contribution < 1.29 is 13.7 Å². The van der Waals surface area contributed by atoms with Crippen molar-refractivity contribution in [1.82, 2.24) is 0 Å². The third-order valence-electron chi connectivity index (χ3n) is 2.89. The quantitative estimate of drug-likeness (QED) is 0.933. The summed E-state index contributed by atoms with van der Waals surface area (Å²) in [6.07, 6.45) is 0. The molecule has 0 fully saturated rings. The summed E-state index contributed by atoms with van der Waals surface area (Å²) in [5.41, 5.74) is -0.589. The minimum Gasteiger partial charge on any atom is -0.384 e. The Morgan fingerprint density at radius 2 is 1.68 bits per heavy atom. The van der Waals surface area contributed by atoms with E-state index in [0.29, 0.717) is 5.56 Å². The number of halogens is 1. The zero-order valence-electron chi connectivity index (χ0n) is 10.5. The van der Waals surface area contributed by atoms with Crippen LogP contribution in [0.5, 0.6) is 0 Å². The van der Waals surface area contributed by atoms with Gasteiger partial charge in [0, 0.05) is 0 Å². The fourth-order valence-corrected chi connectivity index (χ4v) is 3.19. The smallest absolute Gasteiger partial charge is 0.139 e. The predicted molar refractivity (Wildman–Crippen MR) is 73.7 cm³/mol. The summed E-state index contributed by atoms with van der Waals surface area (Å²) in [5.74, 6) is -0.553. The molecule has 0 aromatic heterocycles. The van der Waals surface area contributed by atoms with Crippen LogP contribution in [0.25, 0.3) is 0 Å². The molecular weight excluding hydrogens is 263 g/mol. The second-order valence-corrected chi connectivity index (χ2v) is 5.98. The van der Waals surface area contributed by atoms with Gasteiger partial charge < -0.3 is 5.11 Å². The molecule has 4 heteroatoms. The van der Waals surface area contributed by atoms with E-state index in [-0.39, 0.29) is 10.6 Å². The van der Waals surface area contributed by atoms with Crippen LogP contribution in [0.4, 0.5) is 4.39 Å². The number of hydrogen-bond acceptors (Lipinski definition) is 2. The molecule has 2 aromatic rings. The average Bonchev–Trinajstić information content (AvgIpc) is 2.39. The molecule has 100 valence electrons. The van der Waals surface area contributed by atoms with E-state index >= 15 is 0 Å². The monoisotopic (exact) mass is 278 g/mol. The summed E-state index contributed by atoms with van der Waals surface area (Å²) in [6.45, 7) is 1.58. The Balaban J connectivity index is 2.22. The lowest BCUT2D eigenvalue weighted by Gasteiger charge is -2.23. The second-order valence-electron chi connectivity index (χ2n) is 4.56. The number of benzene rings is 2. The Hall–Kier alpha value is -1.52. The molecule has 0 aliphatic carbocycles. The SMILES string of the molecule is CC(O)(CS(=O)c1ccccc1F)c1ccccc1. The van der Waals surface area contributed by atoms with Crippen LogP contribution in [0, 0.1) is 5.82 Å². The van der Waals surface area contributed by atoms with Crippen LogP contribution in [-0.4, -0.2) is 15.1 Å². The molecule has 2 atom stereocenters. The zero-order chi connectivity index (χ0) is 13.9. The minimum absolute atomic E-state index is 0.0437. The van der Waals surface area contributed by atoms with Crippen molar-refractivity contribution in [2.45, 2.75) is 17.4 Å². The van der Waals surface area contributed by atoms with Crippen molar-refractivity contribution in [2.24, 2.45) is 0 Å². The molecule has 0 bridgehead atoms. The molecule has 0 heterocycles. The Morgan fingerprint density at radius 1 is 1.11 bits per heavy atom. The van der Waals surface area contributed by atoms with Gasteiger partial charge >= 0.3 is 0 Å². The van der Waals surface area contributed by atoms with E-state index in [2.05, 4.69) is 0 Å². The highest BCUT2D eigenvalue weighted by Crippen LogP contribution is 2.24. The number of aliphatic hydroxyl groups is 1. The summed E-state index contributed by atoms with van der Waals surface area (Å²) >= 11 is 0. The molecule has 2 nitrogen and oxygen atoms in total. The van der Waals surface area contributed by atoms with Crippen LogP contribution in [0.15, 0.2) is 59.5 Å². The minimum atomic E-state index is -1.59. The van der Waals surface area contributed by atoms with Crippen LogP contribution in [0.3, 0.4) is 0 Å². The maximum atomic E-state index is 13.5. The maximum Gasteiger partial charge on any atom is 0.139 e. The fraction of sp³-hybridized carbons (Fsp3) is 0.200. The van der Waals surface area contributed by atoms with Gasteiger partial charge in [0.25, 0.3) is 0 Å². The van der Waals surface area contributed by atoms with Gasteiger partial charge in [-0.2, -0.15) is 0 Å². The van der Waals surface area contributed by atoms with Crippen LogP contribution in [0.2, 0.25) is 0 Å². The van der Waals surface area contributed by atoms with Gasteiger partial charge in [-0.15, -0.1) is 0 Å². The highest BCUT2D eigenvalue weighted by atomic mass is 32.2. The predicted octanol–water partition coefficient (Wildman–Crippen LogP) is 2.84. The van der Waals surface area contributed by atoms with E-state index < -0.39 is 22.2 Å². The summed E-state index contributed by atoms with van der Waals surface area (Å²) in [7, 11) is -1.59. The summed E-state index contributed by atoms with van der Waals surface area (Å²) in [4.78, 5) is 0.124. The lowest BCUT2D eigenvalue weighted by molar-refractivity contribution is 0.0829. The summed E-state index contributed by atoms with van der Waals surface area (Å²) in [5, 5.41) is 10.4. The Morgan fingerprint density at radius 3 is 2.32 bits per heavy atom. The van der Waals surface area contributed by atoms with Gasteiger partial charge in [0.15, 0.2) is 0 Å². The molecule has 0 amide bonds. The molecule has 19 heavy (non-hydrogen) atoms. The first-order valence-corrected chi connectivity index (χ1v) is 7.23. The van der Waals surface area contributed by atoms with Crippen molar-refractivity contribution in [2.75, 3.05) is 5.75 Å². The molecule has 0 saturated heterocycles. The normalized spacial score (nSPS) is 15.7. The van der Waals surface area contributed by atoms with E-state index in [9.17, 15) is 13.7 Å². The van der Waals surface area contributed by atoms with Gasteiger partial charge in [-0.05, 0) is 24.6 Å². The Bertz CT molecular complexity index is 582. The molecule has 1 N–H and O–H groups in total. The van der Waals surface area contributed by atoms with Gasteiger partial charge in [-0.25, -0.2) is 4.39 Å². The Kier molecular flexibility index (Phi) is 4.12. The molecule has 0 aliphatic rings. The van der Waals surface area contributed by atoms with Crippen molar-refractivity contribution in [3.05, 3.63) is 66.0 Å². The van der Waals surface area contributed by atoms with Gasteiger partial charge in [-0.1, -0.05) is 42.5 Å². The summed E-state index contributed by atoms with van der Waals surface area (Å²) < 4.78 is 25.7. The van der Waals surface area contributed by atoms with Gasteiger partial charge in [-0.3, -0.25) is 4.21 Å². The van der Waals surface area contributed by atoms with Crippen LogP contribution >= 0.6 is 0 Å². The van der Waals surface area contributed by atoms with Gasteiger partial charge in [0.1, 0.15) is 5.82 Å². The molecule has 2 rings (SSSR count). The second kappa shape index (κ2) is 5.63. The average molecular weight is 278 g/mol. The molecule has 0 radical (unpaired) electrons. The lowest BCUT2D eigenvalue weighted by atomic mass is 9.99. The highest BCUT2D eigenvalue weighted by Gasteiger charge is 2.27. The first kappa shape index (κ1) is 13.9. The molecule has 0 spiro atoms. The van der Waals surface area contributed by atoms with E-state index in [1.807, 2.05) is 6.07 Å². The third kappa shape index (κ3) is 3.28. The maximum absolute atomic E-state index is 13.5. The molecule has 2 aromatic carbocycles. The largest absolute Gasteiger partial charge is 0.384 e. The van der Waals surface area contributed by atoms with Crippen LogP contribution in [0.1, 0.15) is 12.5 Å². The topological polar surface area (TPSA) is 37.3 Å².